The van der Waals surface area contributed by atoms with Gasteiger partial charge in [0.25, 0.3) is 0 Å². The molecule has 1 amide bonds. The molecule has 2 saturated heterocycles. The average molecular weight is 326 g/mol. The van der Waals surface area contributed by atoms with E-state index in [9.17, 15) is 4.79 Å². The minimum atomic E-state index is 0. The van der Waals surface area contributed by atoms with Gasteiger partial charge in [0.2, 0.25) is 5.91 Å². The molecule has 0 aromatic heterocycles. The van der Waals surface area contributed by atoms with Crippen molar-refractivity contribution in [3.63, 3.8) is 0 Å². The predicted octanol–water partition coefficient (Wildman–Crippen LogP) is 1.77. The molecule has 20 heavy (non-hydrogen) atoms. The summed E-state index contributed by atoms with van der Waals surface area (Å²) < 4.78 is 0. The zero-order valence-corrected chi connectivity index (χ0v) is 14.4. The maximum Gasteiger partial charge on any atom is 0.227 e. The van der Waals surface area contributed by atoms with Crippen LogP contribution in [-0.2, 0) is 4.79 Å². The van der Waals surface area contributed by atoms with Crippen LogP contribution in [0.2, 0.25) is 0 Å². The first-order chi connectivity index (χ1) is 8.63. The minimum absolute atomic E-state index is 0. The van der Waals surface area contributed by atoms with Gasteiger partial charge in [-0.2, -0.15) is 0 Å². The summed E-state index contributed by atoms with van der Waals surface area (Å²) in [5.41, 5.74) is 0. The predicted molar refractivity (Wildman–Crippen MR) is 88.0 cm³/mol. The Morgan fingerprint density at radius 2 is 2.00 bits per heavy atom. The Labute approximate surface area is 135 Å². The summed E-state index contributed by atoms with van der Waals surface area (Å²) in [5, 5.41) is 3.10. The van der Waals surface area contributed by atoms with E-state index < -0.39 is 0 Å². The largest absolute Gasteiger partial charge is 0.337 e. The van der Waals surface area contributed by atoms with E-state index in [0.29, 0.717) is 18.0 Å². The normalized spacial score (nSPS) is 27.9. The highest BCUT2D eigenvalue weighted by atomic mass is 35.5. The summed E-state index contributed by atoms with van der Waals surface area (Å²) >= 11 is 0. The quantitative estimate of drug-likeness (QED) is 0.859. The number of amides is 1. The molecule has 0 aromatic carbocycles. The number of nitrogens with zero attached hydrogens (tertiary/aromatic N) is 2. The first-order valence-corrected chi connectivity index (χ1v) is 7.32. The molecule has 2 heterocycles. The molecular formula is C14H29Cl2N3O. The van der Waals surface area contributed by atoms with Crippen LogP contribution in [-0.4, -0.2) is 61.0 Å². The molecule has 2 fully saturated rings. The number of fused-ring (bicyclic) bond motifs is 1. The lowest BCUT2D eigenvalue weighted by Crippen LogP contribution is -2.61. The first kappa shape index (κ1) is 20.0. The number of piperidine rings is 1. The zero-order valence-electron chi connectivity index (χ0n) is 12.8. The number of rotatable bonds is 3. The highest BCUT2D eigenvalue weighted by Gasteiger charge is 2.36. The van der Waals surface area contributed by atoms with Crippen LogP contribution in [0.5, 0.6) is 0 Å². The molecule has 4 nitrogen and oxygen atoms in total. The van der Waals surface area contributed by atoms with Crippen LogP contribution >= 0.6 is 24.8 Å². The molecule has 3 unspecified atom stereocenters. The van der Waals surface area contributed by atoms with Crippen molar-refractivity contribution in [2.24, 2.45) is 5.92 Å². The van der Waals surface area contributed by atoms with Gasteiger partial charge < -0.3 is 10.2 Å². The summed E-state index contributed by atoms with van der Waals surface area (Å²) in [6, 6.07) is 0.979. The van der Waals surface area contributed by atoms with Gasteiger partial charge in [0.1, 0.15) is 0 Å². The van der Waals surface area contributed by atoms with Crippen molar-refractivity contribution in [2.75, 3.05) is 33.2 Å². The Hall–Kier alpha value is -0.0300. The van der Waals surface area contributed by atoms with Crippen molar-refractivity contribution in [3.8, 4) is 0 Å². The third-order valence-electron chi connectivity index (χ3n) is 4.40. The van der Waals surface area contributed by atoms with Gasteiger partial charge in [-0.1, -0.05) is 13.3 Å². The molecule has 2 rings (SSSR count). The first-order valence-electron chi connectivity index (χ1n) is 7.32. The van der Waals surface area contributed by atoms with Crippen LogP contribution < -0.4 is 5.32 Å². The monoisotopic (exact) mass is 325 g/mol. The molecular weight excluding hydrogens is 297 g/mol. The SMILES string of the molecule is CNCC(C)C(=O)N1CC2CCCCN2CC1C.Cl.Cl. The van der Waals surface area contributed by atoms with E-state index in [1.807, 2.05) is 14.0 Å². The number of halogens is 2. The fourth-order valence-corrected chi connectivity index (χ4v) is 3.34. The second-order valence-electron chi connectivity index (χ2n) is 5.94. The maximum atomic E-state index is 12.4. The van der Waals surface area contributed by atoms with Gasteiger partial charge >= 0.3 is 0 Å². The van der Waals surface area contributed by atoms with Gasteiger partial charge in [0.15, 0.2) is 0 Å². The summed E-state index contributed by atoms with van der Waals surface area (Å²) in [6.07, 6.45) is 3.91. The second-order valence-corrected chi connectivity index (χ2v) is 5.94. The van der Waals surface area contributed by atoms with Crippen LogP contribution in [0.25, 0.3) is 0 Å². The summed E-state index contributed by atoms with van der Waals surface area (Å²) in [6.45, 7) is 8.21. The van der Waals surface area contributed by atoms with Gasteiger partial charge in [-0.25, -0.2) is 0 Å². The zero-order chi connectivity index (χ0) is 13.1. The molecule has 0 saturated carbocycles. The number of nitrogens with one attached hydrogen (secondary N) is 1. The van der Waals surface area contributed by atoms with Crippen LogP contribution in [0.4, 0.5) is 0 Å². The van der Waals surface area contributed by atoms with Crippen molar-refractivity contribution >= 4 is 30.7 Å². The Morgan fingerprint density at radius 1 is 1.30 bits per heavy atom. The Morgan fingerprint density at radius 3 is 2.65 bits per heavy atom. The van der Waals surface area contributed by atoms with E-state index in [0.717, 1.165) is 19.6 Å². The Bertz CT molecular complexity index is 304. The lowest BCUT2D eigenvalue weighted by Gasteiger charge is -2.48. The van der Waals surface area contributed by atoms with Gasteiger partial charge in [-0.3, -0.25) is 9.69 Å². The number of hydrogen-bond donors (Lipinski definition) is 1. The van der Waals surface area contributed by atoms with Crippen LogP contribution in [0.15, 0.2) is 0 Å². The van der Waals surface area contributed by atoms with Crippen molar-refractivity contribution in [1.29, 1.82) is 0 Å². The van der Waals surface area contributed by atoms with E-state index in [2.05, 4.69) is 22.0 Å². The third kappa shape index (κ3) is 4.48. The molecule has 2 aliphatic heterocycles. The van der Waals surface area contributed by atoms with Gasteiger partial charge in [-0.15, -0.1) is 24.8 Å². The topological polar surface area (TPSA) is 35.6 Å². The highest BCUT2D eigenvalue weighted by Crippen LogP contribution is 2.24. The highest BCUT2D eigenvalue weighted by molar-refractivity contribution is 5.85. The average Bonchev–Trinajstić information content (AvgIpc) is 2.37. The molecule has 0 aromatic rings. The lowest BCUT2D eigenvalue weighted by atomic mass is 9.96. The standard InChI is InChI=1S/C14H27N3O.2ClH/c1-11(8-15-3)14(18)17-10-13-6-4-5-7-16(13)9-12(17)2;;/h11-13,15H,4-10H2,1-3H3;2*1H. The molecule has 0 spiro atoms. The number of carbonyl (C=O) groups is 1. The van der Waals surface area contributed by atoms with Crippen molar-refractivity contribution in [3.05, 3.63) is 0 Å². The Kier molecular flexibility index (Phi) is 9.07. The third-order valence-corrected chi connectivity index (χ3v) is 4.40. The molecule has 0 radical (unpaired) electrons. The van der Waals surface area contributed by atoms with E-state index in [1.54, 1.807) is 0 Å². The fourth-order valence-electron chi connectivity index (χ4n) is 3.34. The molecule has 6 heteroatoms. The summed E-state index contributed by atoms with van der Waals surface area (Å²) in [7, 11) is 1.91. The van der Waals surface area contributed by atoms with E-state index in [1.165, 1.54) is 25.8 Å². The minimum Gasteiger partial charge on any atom is -0.337 e. The summed E-state index contributed by atoms with van der Waals surface area (Å²) in [4.78, 5) is 17.1. The maximum absolute atomic E-state index is 12.4. The number of hydrogen-bond acceptors (Lipinski definition) is 3. The van der Waals surface area contributed by atoms with E-state index in [4.69, 9.17) is 0 Å². The summed E-state index contributed by atoms with van der Waals surface area (Å²) in [5.74, 6) is 0.412. The second kappa shape index (κ2) is 9.08. The van der Waals surface area contributed by atoms with Crippen molar-refractivity contribution < 1.29 is 4.79 Å². The van der Waals surface area contributed by atoms with E-state index in [-0.39, 0.29) is 30.7 Å². The van der Waals surface area contributed by atoms with Gasteiger partial charge in [-0.05, 0) is 33.4 Å². The van der Waals surface area contributed by atoms with Crippen LogP contribution in [0.1, 0.15) is 33.1 Å². The van der Waals surface area contributed by atoms with E-state index >= 15 is 0 Å². The van der Waals surface area contributed by atoms with Gasteiger partial charge in [0, 0.05) is 37.6 Å². The molecule has 3 atom stereocenters. The molecule has 0 bridgehead atoms. The number of carbonyl (C=O) groups excluding carboxylic acids is 1. The van der Waals surface area contributed by atoms with Gasteiger partial charge in [0.05, 0.1) is 0 Å². The fraction of sp³-hybridized carbons (Fsp3) is 0.929. The molecule has 1 N–H and O–H groups in total. The van der Waals surface area contributed by atoms with Crippen LogP contribution in [0, 0.1) is 5.92 Å². The van der Waals surface area contributed by atoms with Crippen molar-refractivity contribution in [2.45, 2.75) is 45.2 Å². The lowest BCUT2D eigenvalue weighted by molar-refractivity contribution is -0.141. The smallest absolute Gasteiger partial charge is 0.227 e. The number of piperazine rings is 1. The van der Waals surface area contributed by atoms with Crippen LogP contribution in [0.3, 0.4) is 0 Å². The molecule has 120 valence electrons. The molecule has 0 aliphatic carbocycles. The van der Waals surface area contributed by atoms with Crippen molar-refractivity contribution in [1.82, 2.24) is 15.1 Å². The Balaban J connectivity index is 0.00000180. The molecule has 2 aliphatic rings.